The van der Waals surface area contributed by atoms with E-state index in [2.05, 4.69) is 11.4 Å². The highest BCUT2D eigenvalue weighted by Crippen LogP contribution is 2.27. The smallest absolute Gasteiger partial charge is 0.329 e. The number of carbonyl (C=O) groups excluding carboxylic acids is 4. The molecule has 8 heteroatoms. The molecule has 0 radical (unpaired) electrons. The number of hydrogen-bond acceptors (Lipinski definition) is 6. The van der Waals surface area contributed by atoms with E-state index in [1.807, 2.05) is 0 Å². The molecule has 1 aromatic rings. The highest BCUT2D eigenvalue weighted by molar-refractivity contribution is 6.22. The van der Waals surface area contributed by atoms with E-state index in [1.165, 1.54) is 19.1 Å². The number of nitrogens with zero attached hydrogens (tertiary/aromatic N) is 2. The summed E-state index contributed by atoms with van der Waals surface area (Å²) < 4.78 is 5.00. The SMILES string of the molecule is C[C@H](C(=O)OCC(=O)NC1(C#N)CCCCC1)N1C(=O)c2ccccc2C1=O. The number of imide groups is 1. The normalized spacial score (nSPS) is 18.8. The van der Waals surface area contributed by atoms with Gasteiger partial charge in [-0.25, -0.2) is 4.79 Å². The van der Waals surface area contributed by atoms with Gasteiger partial charge in [-0.1, -0.05) is 31.4 Å². The Hall–Kier alpha value is -3.21. The summed E-state index contributed by atoms with van der Waals surface area (Å²) in [6.07, 6.45) is 3.85. The number of hydrogen-bond donors (Lipinski definition) is 1. The second-order valence-corrected chi connectivity index (χ2v) is 7.11. The molecule has 0 saturated heterocycles. The zero-order valence-electron chi connectivity index (χ0n) is 15.6. The van der Waals surface area contributed by atoms with Gasteiger partial charge in [0, 0.05) is 0 Å². The molecule has 0 spiro atoms. The van der Waals surface area contributed by atoms with Crippen molar-refractivity contribution >= 4 is 23.7 Å². The van der Waals surface area contributed by atoms with Gasteiger partial charge in [0.05, 0.1) is 17.2 Å². The zero-order chi connectivity index (χ0) is 20.3. The van der Waals surface area contributed by atoms with Crippen molar-refractivity contribution in [3.05, 3.63) is 35.4 Å². The van der Waals surface area contributed by atoms with Gasteiger partial charge in [0.25, 0.3) is 17.7 Å². The van der Waals surface area contributed by atoms with Gasteiger partial charge in [0.2, 0.25) is 0 Å². The predicted molar refractivity (Wildman–Crippen MR) is 96.9 cm³/mol. The van der Waals surface area contributed by atoms with Gasteiger partial charge in [-0.05, 0) is 31.9 Å². The number of fused-ring (bicyclic) bond motifs is 1. The standard InChI is InChI=1S/C20H21N3O5/c1-13(23-17(25)14-7-3-4-8-15(14)18(23)26)19(27)28-11-16(24)22-20(12-21)9-5-2-6-10-20/h3-4,7-8,13H,2,5-6,9-11H2,1H3,(H,22,24)/t13-/m1/s1. The highest BCUT2D eigenvalue weighted by atomic mass is 16.5. The Kier molecular flexibility index (Phi) is 5.45. The summed E-state index contributed by atoms with van der Waals surface area (Å²) in [7, 11) is 0. The van der Waals surface area contributed by atoms with Crippen LogP contribution in [-0.2, 0) is 14.3 Å². The summed E-state index contributed by atoms with van der Waals surface area (Å²) in [5.41, 5.74) is -0.452. The summed E-state index contributed by atoms with van der Waals surface area (Å²) in [6.45, 7) is 0.801. The molecule has 1 saturated carbocycles. The molecule has 1 aliphatic heterocycles. The lowest BCUT2D eigenvalue weighted by Crippen LogP contribution is -2.50. The zero-order valence-corrected chi connectivity index (χ0v) is 15.6. The molecule has 8 nitrogen and oxygen atoms in total. The first-order valence-corrected chi connectivity index (χ1v) is 9.24. The van der Waals surface area contributed by atoms with E-state index < -0.39 is 41.9 Å². The molecule has 1 heterocycles. The monoisotopic (exact) mass is 383 g/mol. The van der Waals surface area contributed by atoms with Gasteiger partial charge in [-0.15, -0.1) is 0 Å². The third kappa shape index (κ3) is 3.60. The predicted octanol–water partition coefficient (Wildman–Crippen LogP) is 1.56. The quantitative estimate of drug-likeness (QED) is 0.609. The van der Waals surface area contributed by atoms with Crippen molar-refractivity contribution in [2.45, 2.75) is 50.6 Å². The Bertz CT molecular complexity index is 832. The second-order valence-electron chi connectivity index (χ2n) is 7.11. The van der Waals surface area contributed by atoms with Crippen LogP contribution in [-0.4, -0.2) is 46.8 Å². The van der Waals surface area contributed by atoms with Crippen molar-refractivity contribution in [3.63, 3.8) is 0 Å². The molecule has 1 aliphatic carbocycles. The van der Waals surface area contributed by atoms with E-state index in [0.717, 1.165) is 24.2 Å². The molecule has 0 unspecified atom stereocenters. The molecule has 1 N–H and O–H groups in total. The van der Waals surface area contributed by atoms with Gasteiger partial charge in [0.15, 0.2) is 6.61 Å². The molecule has 0 aromatic heterocycles. The fourth-order valence-electron chi connectivity index (χ4n) is 3.65. The number of rotatable bonds is 5. The lowest BCUT2D eigenvalue weighted by molar-refractivity contribution is -0.152. The fourth-order valence-corrected chi connectivity index (χ4v) is 3.65. The van der Waals surface area contributed by atoms with Crippen molar-refractivity contribution in [1.29, 1.82) is 5.26 Å². The van der Waals surface area contributed by atoms with Crippen LogP contribution in [0.2, 0.25) is 0 Å². The number of nitriles is 1. The van der Waals surface area contributed by atoms with E-state index in [0.29, 0.717) is 12.8 Å². The van der Waals surface area contributed by atoms with Gasteiger partial charge in [-0.2, -0.15) is 5.26 Å². The first kappa shape index (κ1) is 19.5. The van der Waals surface area contributed by atoms with Crippen molar-refractivity contribution in [1.82, 2.24) is 10.2 Å². The summed E-state index contributed by atoms with van der Waals surface area (Å²) in [5, 5.41) is 12.0. The first-order valence-electron chi connectivity index (χ1n) is 9.24. The maximum Gasteiger partial charge on any atom is 0.329 e. The number of amides is 3. The minimum Gasteiger partial charge on any atom is -0.454 e. The summed E-state index contributed by atoms with van der Waals surface area (Å²) in [4.78, 5) is 50.1. The Labute approximate surface area is 162 Å². The van der Waals surface area contributed by atoms with E-state index in [9.17, 15) is 24.4 Å². The first-order chi connectivity index (χ1) is 13.4. The molecule has 0 bridgehead atoms. The lowest BCUT2D eigenvalue weighted by atomic mass is 9.83. The molecule has 28 heavy (non-hydrogen) atoms. The van der Waals surface area contributed by atoms with Gasteiger partial charge in [0.1, 0.15) is 11.6 Å². The summed E-state index contributed by atoms with van der Waals surface area (Å²) in [6, 6.07) is 7.30. The van der Waals surface area contributed by atoms with Crippen LogP contribution in [0.25, 0.3) is 0 Å². The Morgan fingerprint density at radius 1 is 1.18 bits per heavy atom. The Morgan fingerprint density at radius 2 is 1.75 bits per heavy atom. The average molecular weight is 383 g/mol. The van der Waals surface area contributed by atoms with E-state index in [4.69, 9.17) is 4.74 Å². The van der Waals surface area contributed by atoms with Crippen LogP contribution in [0.3, 0.4) is 0 Å². The molecule has 1 aromatic carbocycles. The number of nitrogens with one attached hydrogen (secondary N) is 1. The Morgan fingerprint density at radius 3 is 2.29 bits per heavy atom. The molecule has 1 atom stereocenters. The van der Waals surface area contributed by atoms with E-state index in [1.54, 1.807) is 12.1 Å². The fraction of sp³-hybridized carbons (Fsp3) is 0.450. The maximum atomic E-state index is 12.4. The second kappa shape index (κ2) is 7.80. The minimum atomic E-state index is -1.17. The third-order valence-electron chi connectivity index (χ3n) is 5.20. The summed E-state index contributed by atoms with van der Waals surface area (Å²) in [5.74, 6) is -2.58. The van der Waals surface area contributed by atoms with Crippen molar-refractivity contribution in [3.8, 4) is 6.07 Å². The van der Waals surface area contributed by atoms with Crippen LogP contribution in [0.5, 0.6) is 0 Å². The van der Waals surface area contributed by atoms with Gasteiger partial charge < -0.3 is 10.1 Å². The largest absolute Gasteiger partial charge is 0.454 e. The van der Waals surface area contributed by atoms with Crippen LogP contribution < -0.4 is 5.32 Å². The van der Waals surface area contributed by atoms with Gasteiger partial charge >= 0.3 is 5.97 Å². The molecule has 3 rings (SSSR count). The van der Waals surface area contributed by atoms with Crippen molar-refractivity contribution in [2.24, 2.45) is 0 Å². The molecule has 2 aliphatic rings. The van der Waals surface area contributed by atoms with Crippen LogP contribution in [0.4, 0.5) is 0 Å². The van der Waals surface area contributed by atoms with E-state index in [-0.39, 0.29) is 11.1 Å². The average Bonchev–Trinajstić information content (AvgIpc) is 2.97. The Balaban J connectivity index is 1.58. The van der Waals surface area contributed by atoms with Gasteiger partial charge in [-0.3, -0.25) is 19.3 Å². The van der Waals surface area contributed by atoms with Crippen LogP contribution in [0.15, 0.2) is 24.3 Å². The van der Waals surface area contributed by atoms with Crippen LogP contribution in [0.1, 0.15) is 59.7 Å². The third-order valence-corrected chi connectivity index (χ3v) is 5.20. The van der Waals surface area contributed by atoms with Crippen molar-refractivity contribution < 1.29 is 23.9 Å². The number of benzene rings is 1. The topological polar surface area (TPSA) is 117 Å². The summed E-state index contributed by atoms with van der Waals surface area (Å²) >= 11 is 0. The molecular formula is C20H21N3O5. The maximum absolute atomic E-state index is 12.4. The number of carbonyl (C=O) groups is 4. The van der Waals surface area contributed by atoms with Crippen LogP contribution >= 0.6 is 0 Å². The van der Waals surface area contributed by atoms with E-state index >= 15 is 0 Å². The highest BCUT2D eigenvalue weighted by Gasteiger charge is 2.41. The van der Waals surface area contributed by atoms with Crippen LogP contribution in [0, 0.1) is 11.3 Å². The number of esters is 1. The molecular weight excluding hydrogens is 362 g/mol. The molecule has 146 valence electrons. The molecule has 1 fully saturated rings. The lowest BCUT2D eigenvalue weighted by Gasteiger charge is -2.31. The number of ether oxygens (including phenoxy) is 1. The van der Waals surface area contributed by atoms with Crippen molar-refractivity contribution in [2.75, 3.05) is 6.61 Å². The molecule has 3 amide bonds. The minimum absolute atomic E-state index is 0.234.